The first-order chi connectivity index (χ1) is 13.7. The second-order valence-electron chi connectivity index (χ2n) is 7.98. The SMILES string of the molecule is COc1ccc(CNC(=O)CC[C@@H]2CCCN(C3CCNCC3)C2)c(OC)c1. The van der Waals surface area contributed by atoms with Gasteiger partial charge in [0.25, 0.3) is 0 Å². The average molecular weight is 390 g/mol. The smallest absolute Gasteiger partial charge is 0.220 e. The number of amides is 1. The van der Waals surface area contributed by atoms with Crippen LogP contribution in [0, 0.1) is 5.92 Å². The van der Waals surface area contributed by atoms with Crippen molar-refractivity contribution < 1.29 is 14.3 Å². The number of rotatable bonds is 8. The van der Waals surface area contributed by atoms with Crippen LogP contribution in [-0.4, -0.2) is 57.2 Å². The fraction of sp³-hybridized carbons (Fsp3) is 0.682. The number of likely N-dealkylation sites (tertiary alicyclic amines) is 1. The molecule has 2 fully saturated rings. The van der Waals surface area contributed by atoms with E-state index in [1.54, 1.807) is 14.2 Å². The molecule has 3 rings (SSSR count). The monoisotopic (exact) mass is 389 g/mol. The molecule has 156 valence electrons. The highest BCUT2D eigenvalue weighted by atomic mass is 16.5. The molecule has 6 nitrogen and oxygen atoms in total. The molecule has 2 heterocycles. The van der Waals surface area contributed by atoms with Crippen LogP contribution in [0.4, 0.5) is 0 Å². The fourth-order valence-electron chi connectivity index (χ4n) is 4.45. The first kappa shape index (κ1) is 20.9. The minimum Gasteiger partial charge on any atom is -0.497 e. The summed E-state index contributed by atoms with van der Waals surface area (Å²) in [5.41, 5.74) is 0.964. The zero-order valence-electron chi connectivity index (χ0n) is 17.3. The lowest BCUT2D eigenvalue weighted by Gasteiger charge is -2.40. The molecule has 6 heteroatoms. The molecule has 28 heavy (non-hydrogen) atoms. The number of piperidine rings is 2. The van der Waals surface area contributed by atoms with E-state index in [0.29, 0.717) is 18.9 Å². The van der Waals surface area contributed by atoms with E-state index in [1.807, 2.05) is 18.2 Å². The van der Waals surface area contributed by atoms with E-state index in [9.17, 15) is 4.79 Å². The molecule has 2 aliphatic rings. The zero-order valence-corrected chi connectivity index (χ0v) is 17.3. The van der Waals surface area contributed by atoms with E-state index in [4.69, 9.17) is 9.47 Å². The van der Waals surface area contributed by atoms with Gasteiger partial charge >= 0.3 is 0 Å². The number of methoxy groups -OCH3 is 2. The van der Waals surface area contributed by atoms with Crippen LogP contribution in [0.2, 0.25) is 0 Å². The van der Waals surface area contributed by atoms with Gasteiger partial charge in [-0.3, -0.25) is 4.79 Å². The number of carbonyl (C=O) groups excluding carboxylic acids is 1. The van der Waals surface area contributed by atoms with E-state index in [-0.39, 0.29) is 5.91 Å². The summed E-state index contributed by atoms with van der Waals surface area (Å²) in [6.45, 7) is 5.15. The average Bonchev–Trinajstić information content (AvgIpc) is 2.77. The molecule has 0 saturated carbocycles. The van der Waals surface area contributed by atoms with Crippen LogP contribution in [0.5, 0.6) is 11.5 Å². The number of nitrogens with one attached hydrogen (secondary N) is 2. The Hall–Kier alpha value is -1.79. The summed E-state index contributed by atoms with van der Waals surface area (Å²) in [6.07, 6.45) is 6.62. The van der Waals surface area contributed by atoms with Crippen LogP contribution < -0.4 is 20.1 Å². The molecule has 0 unspecified atom stereocenters. The molecule has 0 aliphatic carbocycles. The number of hydrogen-bond donors (Lipinski definition) is 2. The van der Waals surface area contributed by atoms with E-state index in [2.05, 4.69) is 15.5 Å². The number of ether oxygens (including phenoxy) is 2. The second-order valence-corrected chi connectivity index (χ2v) is 7.98. The van der Waals surface area contributed by atoms with Crippen LogP contribution in [0.25, 0.3) is 0 Å². The summed E-state index contributed by atoms with van der Waals surface area (Å²) in [7, 11) is 3.27. The van der Waals surface area contributed by atoms with E-state index in [1.165, 1.54) is 32.2 Å². The number of nitrogens with zero attached hydrogens (tertiary/aromatic N) is 1. The standard InChI is InChI=1S/C22H35N3O3/c1-27-20-7-6-18(21(14-20)28-2)15-24-22(26)8-5-17-4-3-13-25(16-17)19-9-11-23-12-10-19/h6-7,14,17,19,23H,3-5,8-13,15-16H2,1-2H3,(H,24,26)/t17-/m0/s1. The Morgan fingerprint density at radius 2 is 2.04 bits per heavy atom. The number of carbonyl (C=O) groups is 1. The molecule has 2 N–H and O–H groups in total. The van der Waals surface area contributed by atoms with E-state index < -0.39 is 0 Å². The van der Waals surface area contributed by atoms with Crippen LogP contribution in [0.1, 0.15) is 44.1 Å². The van der Waals surface area contributed by atoms with Gasteiger partial charge in [0.1, 0.15) is 11.5 Å². The molecule has 0 aromatic heterocycles. The molecule has 0 bridgehead atoms. The number of benzene rings is 1. The van der Waals surface area contributed by atoms with Crippen molar-refractivity contribution in [1.29, 1.82) is 0 Å². The van der Waals surface area contributed by atoms with E-state index >= 15 is 0 Å². The van der Waals surface area contributed by atoms with Crippen molar-refractivity contribution in [1.82, 2.24) is 15.5 Å². The Bertz CT molecular complexity index is 631. The summed E-state index contributed by atoms with van der Waals surface area (Å²) in [5.74, 6) is 2.26. The summed E-state index contributed by atoms with van der Waals surface area (Å²) in [5, 5.41) is 6.50. The van der Waals surface area contributed by atoms with Crippen molar-refractivity contribution in [2.24, 2.45) is 5.92 Å². The van der Waals surface area contributed by atoms with E-state index in [0.717, 1.165) is 49.2 Å². The van der Waals surface area contributed by atoms with Gasteiger partial charge in [0.15, 0.2) is 0 Å². The summed E-state index contributed by atoms with van der Waals surface area (Å²) < 4.78 is 10.6. The van der Waals surface area contributed by atoms with Crippen molar-refractivity contribution in [3.05, 3.63) is 23.8 Å². The van der Waals surface area contributed by atoms with Crippen LogP contribution in [0.15, 0.2) is 18.2 Å². The molecule has 0 spiro atoms. The molecule has 1 amide bonds. The Morgan fingerprint density at radius 3 is 2.79 bits per heavy atom. The van der Waals surface area contributed by atoms with Crippen molar-refractivity contribution in [3.63, 3.8) is 0 Å². The van der Waals surface area contributed by atoms with Crippen molar-refractivity contribution >= 4 is 5.91 Å². The van der Waals surface area contributed by atoms with Gasteiger partial charge in [-0.1, -0.05) is 0 Å². The third kappa shape index (κ3) is 5.85. The highest BCUT2D eigenvalue weighted by Gasteiger charge is 2.27. The zero-order chi connectivity index (χ0) is 19.8. The lowest BCUT2D eigenvalue weighted by atomic mass is 9.91. The van der Waals surface area contributed by atoms with Gasteiger partial charge in [0.2, 0.25) is 5.91 Å². The minimum absolute atomic E-state index is 0.122. The minimum atomic E-state index is 0.122. The Balaban J connectivity index is 1.41. The van der Waals surface area contributed by atoms with Gasteiger partial charge in [-0.2, -0.15) is 0 Å². The molecule has 1 aromatic rings. The predicted octanol–water partition coefficient (Wildman–Crippen LogP) is 2.56. The van der Waals surface area contributed by atoms with Crippen molar-refractivity contribution in [2.45, 2.75) is 51.1 Å². The molecule has 2 saturated heterocycles. The molecule has 1 atom stereocenters. The fourth-order valence-corrected chi connectivity index (χ4v) is 4.45. The van der Waals surface area contributed by atoms with Gasteiger partial charge in [-0.05, 0) is 69.8 Å². The van der Waals surface area contributed by atoms with Crippen LogP contribution in [-0.2, 0) is 11.3 Å². The Labute approximate surface area is 169 Å². The Morgan fingerprint density at radius 1 is 1.21 bits per heavy atom. The lowest BCUT2D eigenvalue weighted by molar-refractivity contribution is -0.121. The largest absolute Gasteiger partial charge is 0.497 e. The highest BCUT2D eigenvalue weighted by molar-refractivity contribution is 5.75. The summed E-state index contributed by atoms with van der Waals surface area (Å²) in [6, 6.07) is 6.41. The van der Waals surface area contributed by atoms with Crippen LogP contribution >= 0.6 is 0 Å². The topological polar surface area (TPSA) is 62.8 Å². The Kier molecular flexibility index (Phi) is 7.98. The normalized spacial score (nSPS) is 21.3. The van der Waals surface area contributed by atoms with Gasteiger partial charge in [-0.15, -0.1) is 0 Å². The molecule has 2 aliphatic heterocycles. The molecule has 0 radical (unpaired) electrons. The second kappa shape index (κ2) is 10.7. The maximum atomic E-state index is 12.4. The maximum Gasteiger partial charge on any atom is 0.220 e. The first-order valence-electron chi connectivity index (χ1n) is 10.6. The molecular weight excluding hydrogens is 354 g/mol. The van der Waals surface area contributed by atoms with Crippen molar-refractivity contribution in [2.75, 3.05) is 40.4 Å². The first-order valence-corrected chi connectivity index (χ1v) is 10.6. The quantitative estimate of drug-likeness (QED) is 0.716. The molecular formula is C22H35N3O3. The third-order valence-electron chi connectivity index (χ3n) is 6.13. The van der Waals surface area contributed by atoms with Crippen LogP contribution in [0.3, 0.4) is 0 Å². The van der Waals surface area contributed by atoms with Gasteiger partial charge < -0.3 is 25.0 Å². The van der Waals surface area contributed by atoms with Gasteiger partial charge in [0.05, 0.1) is 14.2 Å². The number of hydrogen-bond acceptors (Lipinski definition) is 5. The van der Waals surface area contributed by atoms with Crippen molar-refractivity contribution in [3.8, 4) is 11.5 Å². The van der Waals surface area contributed by atoms with Gasteiger partial charge in [-0.25, -0.2) is 0 Å². The van der Waals surface area contributed by atoms with Gasteiger partial charge in [0, 0.05) is 37.2 Å². The maximum absolute atomic E-state index is 12.4. The predicted molar refractivity (Wildman–Crippen MR) is 111 cm³/mol. The third-order valence-corrected chi connectivity index (χ3v) is 6.13. The molecule has 1 aromatic carbocycles. The highest BCUT2D eigenvalue weighted by Crippen LogP contribution is 2.26. The summed E-state index contributed by atoms with van der Waals surface area (Å²) >= 11 is 0. The summed E-state index contributed by atoms with van der Waals surface area (Å²) in [4.78, 5) is 15.0. The lowest BCUT2D eigenvalue weighted by Crippen LogP contribution is -2.47.